The van der Waals surface area contributed by atoms with E-state index in [2.05, 4.69) is 33.0 Å². The first-order valence-electron chi connectivity index (χ1n) is 5.47. The first-order valence-corrected chi connectivity index (χ1v) is 7.45. The Labute approximate surface area is 124 Å². The van der Waals surface area contributed by atoms with Gasteiger partial charge in [0, 0.05) is 15.6 Å². The molecule has 0 radical (unpaired) electrons. The topological polar surface area (TPSA) is 38.9 Å². The second kappa shape index (κ2) is 6.57. The number of pyridine rings is 1. The van der Waals surface area contributed by atoms with Crippen LogP contribution in [0.25, 0.3) is 0 Å². The number of nitrogens with zero attached hydrogens (tertiary/aromatic N) is 1. The summed E-state index contributed by atoms with van der Waals surface area (Å²) in [5.41, 5.74) is 6.87. The molecule has 2 rings (SSSR count). The van der Waals surface area contributed by atoms with Gasteiger partial charge in [0.1, 0.15) is 5.03 Å². The van der Waals surface area contributed by atoms with Gasteiger partial charge in [0.25, 0.3) is 0 Å². The second-order valence-corrected chi connectivity index (χ2v) is 6.12. The number of aromatic nitrogens is 1. The van der Waals surface area contributed by atoms with Crippen molar-refractivity contribution in [3.8, 4) is 0 Å². The van der Waals surface area contributed by atoms with Crippen LogP contribution in [0.4, 0.5) is 0 Å². The lowest BCUT2D eigenvalue weighted by molar-refractivity contribution is 0.942. The molecule has 0 atom stereocenters. The maximum absolute atomic E-state index is 5.82. The SMILES string of the molecule is NCCc1cc(Br)ccc1Sc1ccc(Cl)cn1. The Morgan fingerprint density at radius 2 is 2.11 bits per heavy atom. The monoisotopic (exact) mass is 342 g/mol. The van der Waals surface area contributed by atoms with E-state index in [4.69, 9.17) is 17.3 Å². The van der Waals surface area contributed by atoms with E-state index in [1.807, 2.05) is 18.2 Å². The Morgan fingerprint density at radius 3 is 2.78 bits per heavy atom. The number of hydrogen-bond acceptors (Lipinski definition) is 3. The van der Waals surface area contributed by atoms with Crippen LogP contribution in [0.1, 0.15) is 5.56 Å². The van der Waals surface area contributed by atoms with Crippen LogP contribution < -0.4 is 5.73 Å². The quantitative estimate of drug-likeness (QED) is 0.906. The molecule has 2 nitrogen and oxygen atoms in total. The predicted octanol–water partition coefficient (Wildman–Crippen LogP) is 4.15. The van der Waals surface area contributed by atoms with Gasteiger partial charge in [-0.2, -0.15) is 0 Å². The molecule has 1 aromatic heterocycles. The van der Waals surface area contributed by atoms with Crippen molar-refractivity contribution in [3.63, 3.8) is 0 Å². The van der Waals surface area contributed by atoms with Gasteiger partial charge in [-0.15, -0.1) is 0 Å². The van der Waals surface area contributed by atoms with E-state index in [-0.39, 0.29) is 0 Å². The van der Waals surface area contributed by atoms with Gasteiger partial charge in [-0.25, -0.2) is 4.98 Å². The minimum atomic E-state index is 0.637. The number of benzene rings is 1. The molecule has 5 heteroatoms. The first-order chi connectivity index (χ1) is 8.69. The molecular weight excluding hydrogens is 332 g/mol. The van der Waals surface area contributed by atoms with Crippen LogP contribution in [-0.2, 0) is 6.42 Å². The number of hydrogen-bond donors (Lipinski definition) is 1. The van der Waals surface area contributed by atoms with Gasteiger partial charge in [0.05, 0.1) is 5.02 Å². The first kappa shape index (κ1) is 13.9. The van der Waals surface area contributed by atoms with Gasteiger partial charge in [-0.05, 0) is 48.9 Å². The van der Waals surface area contributed by atoms with E-state index in [0.717, 1.165) is 15.9 Å². The minimum absolute atomic E-state index is 0.637. The van der Waals surface area contributed by atoms with Crippen LogP contribution in [0.2, 0.25) is 5.02 Å². The highest BCUT2D eigenvalue weighted by atomic mass is 79.9. The van der Waals surface area contributed by atoms with Crippen LogP contribution in [-0.4, -0.2) is 11.5 Å². The third-order valence-corrected chi connectivity index (χ3v) is 4.14. The third-order valence-electron chi connectivity index (χ3n) is 2.35. The van der Waals surface area contributed by atoms with Gasteiger partial charge < -0.3 is 5.73 Å². The molecule has 0 amide bonds. The van der Waals surface area contributed by atoms with Crippen molar-refractivity contribution in [2.24, 2.45) is 5.73 Å². The predicted molar refractivity (Wildman–Crippen MR) is 80.3 cm³/mol. The van der Waals surface area contributed by atoms with E-state index in [1.165, 1.54) is 10.5 Å². The summed E-state index contributed by atoms with van der Waals surface area (Å²) in [5, 5.41) is 1.58. The highest BCUT2D eigenvalue weighted by molar-refractivity contribution is 9.10. The zero-order valence-electron chi connectivity index (χ0n) is 9.57. The van der Waals surface area contributed by atoms with Crippen LogP contribution in [0.3, 0.4) is 0 Å². The Kier molecular flexibility index (Phi) is 5.06. The molecule has 0 fully saturated rings. The van der Waals surface area contributed by atoms with E-state index < -0.39 is 0 Å². The zero-order valence-corrected chi connectivity index (χ0v) is 12.7. The molecule has 0 spiro atoms. The van der Waals surface area contributed by atoms with E-state index in [1.54, 1.807) is 18.0 Å². The van der Waals surface area contributed by atoms with Crippen LogP contribution in [0, 0.1) is 0 Å². The molecule has 0 aliphatic rings. The largest absolute Gasteiger partial charge is 0.330 e. The fraction of sp³-hybridized carbons (Fsp3) is 0.154. The maximum Gasteiger partial charge on any atom is 0.101 e. The summed E-state index contributed by atoms with van der Waals surface area (Å²) in [6.07, 6.45) is 2.51. The van der Waals surface area contributed by atoms with Crippen LogP contribution in [0.15, 0.2) is 50.9 Å². The van der Waals surface area contributed by atoms with Crippen molar-refractivity contribution in [2.45, 2.75) is 16.3 Å². The molecular formula is C13H12BrClN2S. The number of rotatable bonds is 4. The minimum Gasteiger partial charge on any atom is -0.330 e. The standard InChI is InChI=1S/C13H12BrClN2S/c14-10-1-3-12(9(7-10)5-6-16)18-13-4-2-11(15)8-17-13/h1-4,7-8H,5-6,16H2. The lowest BCUT2D eigenvalue weighted by Crippen LogP contribution is -2.03. The van der Waals surface area contributed by atoms with Crippen molar-refractivity contribution >= 4 is 39.3 Å². The Balaban J connectivity index is 2.25. The molecule has 18 heavy (non-hydrogen) atoms. The fourth-order valence-electron chi connectivity index (χ4n) is 1.53. The molecule has 2 aromatic rings. The highest BCUT2D eigenvalue weighted by Crippen LogP contribution is 2.31. The summed E-state index contributed by atoms with van der Waals surface area (Å²) in [4.78, 5) is 5.46. The number of nitrogens with two attached hydrogens (primary N) is 1. The van der Waals surface area contributed by atoms with Gasteiger partial charge in [0.15, 0.2) is 0 Å². The Bertz CT molecular complexity index is 531. The lowest BCUT2D eigenvalue weighted by Gasteiger charge is -2.08. The average molecular weight is 344 g/mol. The van der Waals surface area contributed by atoms with Crippen LogP contribution in [0.5, 0.6) is 0 Å². The molecule has 1 aromatic carbocycles. The third kappa shape index (κ3) is 3.72. The van der Waals surface area contributed by atoms with Crippen molar-refractivity contribution in [2.75, 3.05) is 6.54 Å². The molecule has 1 heterocycles. The summed E-state index contributed by atoms with van der Waals surface area (Å²) in [7, 11) is 0. The summed E-state index contributed by atoms with van der Waals surface area (Å²) >= 11 is 10.9. The van der Waals surface area contributed by atoms with Crippen LogP contribution >= 0.6 is 39.3 Å². The molecule has 0 saturated carbocycles. The summed E-state index contributed by atoms with van der Waals surface area (Å²) in [6, 6.07) is 9.97. The van der Waals surface area contributed by atoms with E-state index in [9.17, 15) is 0 Å². The smallest absolute Gasteiger partial charge is 0.101 e. The summed E-state index contributed by atoms with van der Waals surface area (Å²) < 4.78 is 1.07. The molecule has 94 valence electrons. The van der Waals surface area contributed by atoms with E-state index in [0.29, 0.717) is 11.6 Å². The molecule has 0 saturated heterocycles. The fourth-order valence-corrected chi connectivity index (χ4v) is 2.95. The maximum atomic E-state index is 5.82. The highest BCUT2D eigenvalue weighted by Gasteiger charge is 2.06. The average Bonchev–Trinajstić information content (AvgIpc) is 2.36. The molecule has 2 N–H and O–H groups in total. The molecule has 0 aliphatic heterocycles. The van der Waals surface area contributed by atoms with Crippen molar-refractivity contribution in [1.82, 2.24) is 4.98 Å². The van der Waals surface area contributed by atoms with Crippen molar-refractivity contribution < 1.29 is 0 Å². The van der Waals surface area contributed by atoms with Crippen molar-refractivity contribution in [1.29, 1.82) is 0 Å². The van der Waals surface area contributed by atoms with Crippen molar-refractivity contribution in [3.05, 3.63) is 51.6 Å². The number of halogens is 2. The molecule has 0 bridgehead atoms. The molecule has 0 unspecified atom stereocenters. The van der Waals surface area contributed by atoms with Gasteiger partial charge in [0.2, 0.25) is 0 Å². The van der Waals surface area contributed by atoms with Gasteiger partial charge in [-0.3, -0.25) is 0 Å². The lowest BCUT2D eigenvalue weighted by atomic mass is 10.1. The van der Waals surface area contributed by atoms with Gasteiger partial charge >= 0.3 is 0 Å². The Hall–Kier alpha value is -0.550. The zero-order chi connectivity index (χ0) is 13.0. The van der Waals surface area contributed by atoms with Gasteiger partial charge in [-0.1, -0.05) is 39.3 Å². The van der Waals surface area contributed by atoms with E-state index >= 15 is 0 Å². The summed E-state index contributed by atoms with van der Waals surface area (Å²) in [6.45, 7) is 0.637. The normalized spacial score (nSPS) is 10.6. The second-order valence-electron chi connectivity index (χ2n) is 3.71. The summed E-state index contributed by atoms with van der Waals surface area (Å²) in [5.74, 6) is 0. The Morgan fingerprint density at radius 1 is 1.28 bits per heavy atom. The molecule has 0 aliphatic carbocycles.